The molecule has 1 aromatic carbocycles. The van der Waals surface area contributed by atoms with Crippen LogP contribution >= 0.6 is 0 Å². The number of aromatic nitrogens is 2. The molecule has 0 aliphatic heterocycles. The third-order valence-electron chi connectivity index (χ3n) is 2.59. The van der Waals surface area contributed by atoms with Gasteiger partial charge in [-0.1, -0.05) is 30.3 Å². The number of carboxylic acids is 1. The summed E-state index contributed by atoms with van der Waals surface area (Å²) in [6, 6.07) is 9.30. The van der Waals surface area contributed by atoms with Gasteiger partial charge in [0.15, 0.2) is 5.82 Å². The van der Waals surface area contributed by atoms with Crippen molar-refractivity contribution in [2.24, 2.45) is 0 Å². The number of carbonyl (C=O) groups is 1. The first-order valence-corrected chi connectivity index (χ1v) is 6.02. The Morgan fingerprint density at radius 2 is 2.11 bits per heavy atom. The Morgan fingerprint density at radius 3 is 2.68 bits per heavy atom. The molecule has 0 atom stereocenters. The Hall–Kier alpha value is -2.37. The number of hydrogen-bond acceptors (Lipinski definition) is 5. The van der Waals surface area contributed by atoms with E-state index >= 15 is 0 Å². The van der Waals surface area contributed by atoms with Crippen molar-refractivity contribution in [1.82, 2.24) is 10.1 Å². The Bertz CT molecular complexity index is 539. The third kappa shape index (κ3) is 3.54. The standard InChI is InChI=1S/C13H15N3O3/c1-2-12-14-11(15-19-12)8-16(9-13(17)18)10-6-4-3-5-7-10/h3-7H,2,8-9H2,1H3,(H,17,18). The summed E-state index contributed by atoms with van der Waals surface area (Å²) in [6.45, 7) is 2.11. The minimum absolute atomic E-state index is 0.111. The minimum Gasteiger partial charge on any atom is -0.480 e. The Balaban J connectivity index is 2.16. The van der Waals surface area contributed by atoms with E-state index in [1.54, 1.807) is 4.90 Å². The van der Waals surface area contributed by atoms with Gasteiger partial charge in [0, 0.05) is 12.1 Å². The average molecular weight is 261 g/mol. The van der Waals surface area contributed by atoms with Crippen LogP contribution in [0.1, 0.15) is 18.6 Å². The number of anilines is 1. The lowest BCUT2D eigenvalue weighted by Crippen LogP contribution is -2.29. The van der Waals surface area contributed by atoms with Crippen molar-refractivity contribution >= 4 is 11.7 Å². The van der Waals surface area contributed by atoms with Crippen molar-refractivity contribution in [2.45, 2.75) is 19.9 Å². The molecular formula is C13H15N3O3. The summed E-state index contributed by atoms with van der Waals surface area (Å²) in [5.74, 6) is 0.142. The molecule has 1 N–H and O–H groups in total. The van der Waals surface area contributed by atoms with Crippen LogP contribution in [0.5, 0.6) is 0 Å². The molecule has 1 heterocycles. The van der Waals surface area contributed by atoms with Gasteiger partial charge in [0.05, 0.1) is 6.54 Å². The fourth-order valence-corrected chi connectivity index (χ4v) is 1.71. The first-order chi connectivity index (χ1) is 9.19. The molecule has 0 radical (unpaired) electrons. The summed E-state index contributed by atoms with van der Waals surface area (Å²) in [5.41, 5.74) is 0.813. The van der Waals surface area contributed by atoms with Gasteiger partial charge in [-0.05, 0) is 12.1 Å². The molecule has 100 valence electrons. The van der Waals surface area contributed by atoms with Crippen molar-refractivity contribution in [2.75, 3.05) is 11.4 Å². The zero-order valence-corrected chi connectivity index (χ0v) is 10.6. The lowest BCUT2D eigenvalue weighted by molar-refractivity contribution is -0.135. The van der Waals surface area contributed by atoms with Crippen LogP contribution in [0.3, 0.4) is 0 Å². The number of rotatable bonds is 6. The van der Waals surface area contributed by atoms with Gasteiger partial charge >= 0.3 is 5.97 Å². The first-order valence-electron chi connectivity index (χ1n) is 6.02. The van der Waals surface area contributed by atoms with Crippen LogP contribution in [0.25, 0.3) is 0 Å². The van der Waals surface area contributed by atoms with Crippen molar-refractivity contribution < 1.29 is 14.4 Å². The number of para-hydroxylation sites is 1. The minimum atomic E-state index is -0.900. The van der Waals surface area contributed by atoms with Crippen molar-refractivity contribution in [3.05, 3.63) is 42.0 Å². The van der Waals surface area contributed by atoms with E-state index in [0.29, 0.717) is 24.7 Å². The van der Waals surface area contributed by atoms with Crippen LogP contribution < -0.4 is 4.90 Å². The highest BCUT2D eigenvalue weighted by atomic mass is 16.5. The summed E-state index contributed by atoms with van der Waals surface area (Å²) in [6.07, 6.45) is 0.664. The van der Waals surface area contributed by atoms with Crippen molar-refractivity contribution in [3.8, 4) is 0 Å². The molecule has 0 amide bonds. The molecule has 0 unspecified atom stereocenters. The molecule has 6 nitrogen and oxygen atoms in total. The fourth-order valence-electron chi connectivity index (χ4n) is 1.71. The van der Waals surface area contributed by atoms with E-state index in [2.05, 4.69) is 10.1 Å². The molecule has 1 aromatic heterocycles. The lowest BCUT2D eigenvalue weighted by atomic mass is 10.3. The second kappa shape index (κ2) is 5.99. The van der Waals surface area contributed by atoms with Gasteiger partial charge in [-0.2, -0.15) is 4.98 Å². The molecule has 0 saturated carbocycles. The second-order valence-electron chi connectivity index (χ2n) is 4.04. The van der Waals surface area contributed by atoms with Crippen LogP contribution in [0.2, 0.25) is 0 Å². The molecule has 0 aliphatic carbocycles. The monoisotopic (exact) mass is 261 g/mol. The van der Waals surface area contributed by atoms with Crippen LogP contribution in [0.4, 0.5) is 5.69 Å². The molecule has 0 saturated heterocycles. The van der Waals surface area contributed by atoms with E-state index in [0.717, 1.165) is 5.69 Å². The molecule has 6 heteroatoms. The Kier molecular flexibility index (Phi) is 4.12. The molecule has 0 aliphatic rings. The maximum absolute atomic E-state index is 10.9. The number of nitrogens with zero attached hydrogens (tertiary/aromatic N) is 3. The van der Waals surface area contributed by atoms with Crippen molar-refractivity contribution in [1.29, 1.82) is 0 Å². The van der Waals surface area contributed by atoms with Gasteiger partial charge in [0.1, 0.15) is 6.54 Å². The number of aliphatic carboxylic acids is 1. The van der Waals surface area contributed by atoms with E-state index in [1.165, 1.54) is 0 Å². The van der Waals surface area contributed by atoms with Crippen LogP contribution in [-0.2, 0) is 17.8 Å². The molecule has 0 fully saturated rings. The van der Waals surface area contributed by atoms with Crippen LogP contribution in [-0.4, -0.2) is 27.8 Å². The number of carboxylic acid groups (broad SMARTS) is 1. The van der Waals surface area contributed by atoms with E-state index in [1.807, 2.05) is 37.3 Å². The van der Waals surface area contributed by atoms with E-state index in [4.69, 9.17) is 9.63 Å². The summed E-state index contributed by atoms with van der Waals surface area (Å²) in [7, 11) is 0. The lowest BCUT2D eigenvalue weighted by Gasteiger charge is -2.20. The second-order valence-corrected chi connectivity index (χ2v) is 4.04. The summed E-state index contributed by atoms with van der Waals surface area (Å²) >= 11 is 0. The van der Waals surface area contributed by atoms with Gasteiger partial charge in [-0.15, -0.1) is 0 Å². The van der Waals surface area contributed by atoms with Gasteiger partial charge in [-0.3, -0.25) is 4.79 Å². The fraction of sp³-hybridized carbons (Fsp3) is 0.308. The summed E-state index contributed by atoms with van der Waals surface area (Å²) in [4.78, 5) is 16.8. The first kappa shape index (κ1) is 13.1. The normalized spacial score (nSPS) is 10.4. The molecule has 19 heavy (non-hydrogen) atoms. The predicted octanol–water partition coefficient (Wildman–Crippen LogP) is 1.72. The average Bonchev–Trinajstić information content (AvgIpc) is 2.86. The van der Waals surface area contributed by atoms with Gasteiger partial charge < -0.3 is 14.5 Å². The van der Waals surface area contributed by atoms with Gasteiger partial charge in [0.25, 0.3) is 0 Å². The molecule has 0 bridgehead atoms. The molecule has 2 rings (SSSR count). The highest BCUT2D eigenvalue weighted by Crippen LogP contribution is 2.15. The van der Waals surface area contributed by atoms with Crippen molar-refractivity contribution in [3.63, 3.8) is 0 Å². The van der Waals surface area contributed by atoms with Gasteiger partial charge in [-0.25, -0.2) is 0 Å². The zero-order chi connectivity index (χ0) is 13.7. The maximum atomic E-state index is 10.9. The Morgan fingerprint density at radius 1 is 1.37 bits per heavy atom. The van der Waals surface area contributed by atoms with Crippen LogP contribution in [0.15, 0.2) is 34.9 Å². The maximum Gasteiger partial charge on any atom is 0.323 e. The smallest absolute Gasteiger partial charge is 0.323 e. The highest BCUT2D eigenvalue weighted by molar-refractivity contribution is 5.73. The number of benzene rings is 1. The van der Waals surface area contributed by atoms with Gasteiger partial charge in [0.2, 0.25) is 5.89 Å². The zero-order valence-electron chi connectivity index (χ0n) is 10.6. The summed E-state index contributed by atoms with van der Waals surface area (Å²) in [5, 5.41) is 12.8. The SMILES string of the molecule is CCc1nc(CN(CC(=O)O)c2ccccc2)no1. The largest absolute Gasteiger partial charge is 0.480 e. The van der Waals surface area contributed by atoms with E-state index in [9.17, 15) is 4.79 Å². The van der Waals surface area contributed by atoms with Crippen LogP contribution in [0, 0.1) is 0 Å². The highest BCUT2D eigenvalue weighted by Gasteiger charge is 2.14. The quantitative estimate of drug-likeness (QED) is 0.853. The predicted molar refractivity (Wildman–Crippen MR) is 68.8 cm³/mol. The Labute approximate surface area is 110 Å². The van der Waals surface area contributed by atoms with E-state index in [-0.39, 0.29) is 6.54 Å². The number of aryl methyl sites for hydroxylation is 1. The molecule has 2 aromatic rings. The number of hydrogen-bond donors (Lipinski definition) is 1. The third-order valence-corrected chi connectivity index (χ3v) is 2.59. The topological polar surface area (TPSA) is 79.5 Å². The summed E-state index contributed by atoms with van der Waals surface area (Å²) < 4.78 is 5.02. The molecular weight excluding hydrogens is 246 g/mol. The van der Waals surface area contributed by atoms with E-state index < -0.39 is 5.97 Å². The molecule has 0 spiro atoms.